The molecule has 0 unspecified atom stereocenters. The first kappa shape index (κ1) is 34.2. The third-order valence-electron chi connectivity index (χ3n) is 9.31. The first-order valence-corrected chi connectivity index (χ1v) is 20.9. The lowest BCUT2D eigenvalue weighted by Crippen LogP contribution is -1.89. The van der Waals surface area contributed by atoms with Crippen molar-refractivity contribution >= 4 is 136 Å². The quantitative estimate of drug-likeness (QED) is 0.170. The van der Waals surface area contributed by atoms with Gasteiger partial charge in [-0.1, -0.05) is 48.5 Å². The van der Waals surface area contributed by atoms with Gasteiger partial charge in [-0.25, -0.2) is 4.98 Å². The van der Waals surface area contributed by atoms with E-state index in [1.54, 1.807) is 0 Å². The summed E-state index contributed by atoms with van der Waals surface area (Å²) < 4.78 is 4.74. The summed E-state index contributed by atoms with van der Waals surface area (Å²) in [6.45, 7) is 0. The minimum absolute atomic E-state index is 0.905. The number of halogens is 4. The molecule has 2 N–H and O–H groups in total. The van der Waals surface area contributed by atoms with Crippen LogP contribution in [0.2, 0.25) is 0 Å². The van der Waals surface area contributed by atoms with Crippen LogP contribution in [0.5, 0.6) is 0 Å². The first-order chi connectivity index (χ1) is 25.4. The molecule has 52 heavy (non-hydrogen) atoms. The van der Waals surface area contributed by atoms with Gasteiger partial charge in [0.2, 0.25) is 0 Å². The van der Waals surface area contributed by atoms with Crippen LogP contribution in [0.1, 0.15) is 17.0 Å². The van der Waals surface area contributed by atoms with E-state index in [1.165, 1.54) is 14.3 Å². The van der Waals surface area contributed by atoms with Crippen LogP contribution in [-0.2, 0) is 0 Å². The van der Waals surface area contributed by atoms with Gasteiger partial charge in [0, 0.05) is 70.4 Å². The number of benzene rings is 4. The summed E-state index contributed by atoms with van der Waals surface area (Å²) in [4.78, 5) is 18.2. The third kappa shape index (κ3) is 6.60. The van der Waals surface area contributed by atoms with Gasteiger partial charge < -0.3 is 9.97 Å². The molecule has 0 atom stereocenters. The molecule has 2 aliphatic rings. The van der Waals surface area contributed by atoms with E-state index < -0.39 is 0 Å². The van der Waals surface area contributed by atoms with Crippen LogP contribution in [0.15, 0.2) is 132 Å². The fraction of sp³-hybridized carbons (Fsp3) is 0. The number of hydrogen-bond acceptors (Lipinski definition) is 2. The van der Waals surface area contributed by atoms with E-state index in [1.807, 2.05) is 6.21 Å². The van der Waals surface area contributed by atoms with Gasteiger partial charge in [-0.05, 0) is 204 Å². The molecule has 3 aromatic heterocycles. The van der Waals surface area contributed by atoms with E-state index in [9.17, 15) is 0 Å². The zero-order valence-electron chi connectivity index (χ0n) is 27.3. The molecule has 0 spiro atoms. The van der Waals surface area contributed by atoms with E-state index in [4.69, 9.17) is 9.98 Å². The van der Waals surface area contributed by atoms with Gasteiger partial charge in [0.25, 0.3) is 0 Å². The Morgan fingerprint density at radius 1 is 0.385 bits per heavy atom. The number of fused-ring (bicyclic) bond motifs is 8. The largest absolute Gasteiger partial charge is 0.354 e. The number of hydrogen-bond donors (Lipinski definition) is 2. The lowest BCUT2D eigenvalue weighted by Gasteiger charge is -2.07. The number of nitrogens with zero attached hydrogens (tertiary/aromatic N) is 2. The summed E-state index contributed by atoms with van der Waals surface area (Å²) in [6, 6.07) is 45.7. The zero-order valence-corrected chi connectivity index (χ0v) is 35.9. The highest BCUT2D eigenvalue weighted by molar-refractivity contribution is 14.1. The average Bonchev–Trinajstić information content (AvgIpc) is 3.99. The summed E-state index contributed by atoms with van der Waals surface area (Å²) in [6.07, 6.45) is 6.31. The van der Waals surface area contributed by atoms with Crippen molar-refractivity contribution in [3.8, 4) is 44.5 Å². The molecule has 5 heterocycles. The monoisotopic (exact) mass is 1120 g/mol. The summed E-state index contributed by atoms with van der Waals surface area (Å²) in [7, 11) is 0. The van der Waals surface area contributed by atoms with Gasteiger partial charge in [-0.2, -0.15) is 0 Å². The number of aliphatic imine (C=N–C) groups is 1. The van der Waals surface area contributed by atoms with Crippen LogP contribution in [0.25, 0.3) is 78.7 Å². The van der Waals surface area contributed by atoms with Gasteiger partial charge >= 0.3 is 0 Å². The maximum absolute atomic E-state index is 5.41. The standard InChI is InChI=1S/C44H26I4N4/c45-30-9-1-25(2-10-30)41-29-23-40(49-24-29)44(28-7-15-33(48)16-8-28)39-22-21-38(52-39)43(27-5-13-32(47)14-6-27)37-20-19-36(51-37)42(35-18-17-34(41)50-35)26-3-11-31(46)12-4-26/h1-24,50,52H. The fourth-order valence-corrected chi connectivity index (χ4v) is 8.35. The molecule has 2 aliphatic heterocycles. The van der Waals surface area contributed by atoms with Crippen molar-refractivity contribution in [2.75, 3.05) is 0 Å². The second-order valence-corrected chi connectivity index (χ2v) is 17.5. The number of nitrogens with one attached hydrogen (secondary N) is 2. The summed E-state index contributed by atoms with van der Waals surface area (Å²) in [5.74, 6) is 0. The normalized spacial score (nSPS) is 12.1. The molecule has 0 aliphatic carbocycles. The lowest BCUT2D eigenvalue weighted by molar-refractivity contribution is 1.32. The Morgan fingerprint density at radius 2 is 0.731 bits per heavy atom. The van der Waals surface area contributed by atoms with Crippen LogP contribution in [0.3, 0.4) is 0 Å². The summed E-state index contributed by atoms with van der Waals surface area (Å²) in [5, 5.41) is 0. The number of rotatable bonds is 4. The molecule has 8 bridgehead atoms. The van der Waals surface area contributed by atoms with Gasteiger partial charge in [0.1, 0.15) is 0 Å². The number of aromatic nitrogens is 3. The molecule has 250 valence electrons. The van der Waals surface area contributed by atoms with Crippen LogP contribution in [0.4, 0.5) is 5.69 Å². The van der Waals surface area contributed by atoms with Crippen LogP contribution in [0, 0.1) is 14.3 Å². The zero-order chi connectivity index (χ0) is 35.3. The predicted octanol–water partition coefficient (Wildman–Crippen LogP) is 13.9. The summed E-state index contributed by atoms with van der Waals surface area (Å²) >= 11 is 9.46. The van der Waals surface area contributed by atoms with E-state index >= 15 is 0 Å². The second-order valence-electron chi connectivity index (χ2n) is 12.6. The molecule has 9 rings (SSSR count). The third-order valence-corrected chi connectivity index (χ3v) is 12.2. The minimum atomic E-state index is 0.905. The molecular formula is C44H26I4N4. The predicted molar refractivity (Wildman–Crippen MR) is 252 cm³/mol. The van der Waals surface area contributed by atoms with Crippen molar-refractivity contribution < 1.29 is 0 Å². The van der Waals surface area contributed by atoms with E-state index in [0.717, 1.165) is 89.2 Å². The Morgan fingerprint density at radius 3 is 1.15 bits per heavy atom. The molecule has 0 radical (unpaired) electrons. The van der Waals surface area contributed by atoms with Gasteiger partial charge in [-0.15, -0.1) is 0 Å². The average molecular weight is 1120 g/mol. The molecule has 0 amide bonds. The van der Waals surface area contributed by atoms with E-state index in [-0.39, 0.29) is 0 Å². The smallest absolute Gasteiger partial charge is 0.0737 e. The lowest BCUT2D eigenvalue weighted by atomic mass is 10.0. The molecule has 0 saturated heterocycles. The van der Waals surface area contributed by atoms with Crippen molar-refractivity contribution in [1.82, 2.24) is 15.0 Å². The Hall–Kier alpha value is -3.60. The highest BCUT2D eigenvalue weighted by Crippen LogP contribution is 2.40. The highest BCUT2D eigenvalue weighted by atomic mass is 127. The van der Waals surface area contributed by atoms with Crippen molar-refractivity contribution in [1.29, 1.82) is 0 Å². The van der Waals surface area contributed by atoms with Crippen LogP contribution in [-0.4, -0.2) is 21.2 Å². The molecule has 0 saturated carbocycles. The Bertz CT molecular complexity index is 2370. The Kier molecular flexibility index (Phi) is 9.42. The molecule has 7 aromatic rings. The Labute approximate surface area is 355 Å². The molecule has 4 nitrogen and oxygen atoms in total. The van der Waals surface area contributed by atoms with E-state index in [0.29, 0.717) is 0 Å². The van der Waals surface area contributed by atoms with Crippen molar-refractivity contribution in [2.45, 2.75) is 0 Å². The minimum Gasteiger partial charge on any atom is -0.354 e. The molecule has 4 aromatic carbocycles. The summed E-state index contributed by atoms with van der Waals surface area (Å²) in [5.41, 5.74) is 16.4. The van der Waals surface area contributed by atoms with E-state index in [2.05, 4.69) is 240 Å². The van der Waals surface area contributed by atoms with Crippen molar-refractivity contribution in [2.24, 2.45) is 4.99 Å². The van der Waals surface area contributed by atoms with Crippen LogP contribution < -0.4 is 0 Å². The topological polar surface area (TPSA) is 56.8 Å². The van der Waals surface area contributed by atoms with Crippen molar-refractivity contribution in [3.05, 3.63) is 159 Å². The Balaban J connectivity index is 1.47. The number of H-pyrrole nitrogens is 2. The molecule has 0 fully saturated rings. The number of aromatic amines is 2. The maximum atomic E-state index is 5.41. The maximum Gasteiger partial charge on any atom is 0.0737 e. The fourth-order valence-electron chi connectivity index (χ4n) is 6.92. The second kappa shape index (κ2) is 14.3. The van der Waals surface area contributed by atoms with Gasteiger partial charge in [-0.3, -0.25) is 4.99 Å². The van der Waals surface area contributed by atoms with Gasteiger partial charge in [0.15, 0.2) is 0 Å². The van der Waals surface area contributed by atoms with Crippen molar-refractivity contribution in [3.63, 3.8) is 0 Å². The first-order valence-electron chi connectivity index (χ1n) is 16.6. The van der Waals surface area contributed by atoms with Gasteiger partial charge in [0.05, 0.1) is 17.1 Å². The molecule has 8 heteroatoms. The van der Waals surface area contributed by atoms with Crippen LogP contribution >= 0.6 is 90.4 Å². The highest BCUT2D eigenvalue weighted by Gasteiger charge is 2.19. The molecular weight excluding hydrogens is 1090 g/mol. The SMILES string of the molecule is Ic1ccc(-c2c3cc(c(-c4ccc(I)cc4)c4ccc([nH]4)c(-c4ccc(I)cc4)c4nc(c(-c5ccc(I)cc5)c5ccc2[nH]5)C=C4)N=C3)cc1.